The third-order valence-corrected chi connectivity index (χ3v) is 3.88. The Labute approximate surface area is 128 Å². The Morgan fingerprint density at radius 2 is 1.85 bits per heavy atom. The van der Waals surface area contributed by atoms with Crippen molar-refractivity contribution in [2.24, 2.45) is 0 Å². The van der Waals surface area contributed by atoms with Crippen molar-refractivity contribution in [2.45, 2.75) is 19.2 Å². The Kier molecular flexibility index (Phi) is 4.96. The van der Waals surface area contributed by atoms with E-state index in [1.54, 1.807) is 4.90 Å². The summed E-state index contributed by atoms with van der Waals surface area (Å²) in [6.07, 6.45) is 0. The molecule has 3 heteroatoms. The minimum atomic E-state index is 0.0409. The first kappa shape index (κ1) is 14.8. The Balaban J connectivity index is 2.28. The van der Waals surface area contributed by atoms with Crippen LogP contribution in [0.5, 0.6) is 0 Å². The minimum absolute atomic E-state index is 0.0409. The Morgan fingerprint density at radius 3 is 2.40 bits per heavy atom. The van der Waals surface area contributed by atoms with E-state index in [1.165, 1.54) is 5.56 Å². The highest BCUT2D eigenvalue weighted by Gasteiger charge is 2.15. The smallest absolute Gasteiger partial charge is 0.258 e. The van der Waals surface area contributed by atoms with Gasteiger partial charge in [-0.05, 0) is 49.2 Å². The predicted molar refractivity (Wildman–Crippen MR) is 87.6 cm³/mol. The molecule has 0 saturated carbocycles. The van der Waals surface area contributed by atoms with Crippen LogP contribution in [0.2, 0.25) is 0 Å². The first-order valence-electron chi connectivity index (χ1n) is 6.69. The minimum Gasteiger partial charge on any atom is -0.309 e. The van der Waals surface area contributed by atoms with Gasteiger partial charge in [-0.2, -0.15) is 0 Å². The average Bonchev–Trinajstić information content (AvgIpc) is 2.48. The molecule has 0 heterocycles. The van der Waals surface area contributed by atoms with Gasteiger partial charge >= 0.3 is 0 Å². The maximum Gasteiger partial charge on any atom is 0.258 e. The van der Waals surface area contributed by atoms with Crippen LogP contribution in [0.3, 0.4) is 0 Å². The van der Waals surface area contributed by atoms with Gasteiger partial charge in [-0.15, -0.1) is 0 Å². The van der Waals surface area contributed by atoms with E-state index in [0.717, 1.165) is 22.1 Å². The molecule has 20 heavy (non-hydrogen) atoms. The second kappa shape index (κ2) is 6.71. The number of carbonyl (C=O) groups is 1. The molecular weight excluding hydrogens is 314 g/mol. The molecule has 104 valence electrons. The zero-order valence-corrected chi connectivity index (χ0v) is 13.4. The summed E-state index contributed by atoms with van der Waals surface area (Å²) in [5.74, 6) is 0.0409. The van der Waals surface area contributed by atoms with E-state index >= 15 is 0 Å². The van der Waals surface area contributed by atoms with Crippen molar-refractivity contribution >= 4 is 27.5 Å². The largest absolute Gasteiger partial charge is 0.309 e. The number of halogens is 1. The zero-order chi connectivity index (χ0) is 14.5. The second-order valence-electron chi connectivity index (χ2n) is 4.72. The molecule has 2 aromatic carbocycles. The zero-order valence-electron chi connectivity index (χ0n) is 11.8. The lowest BCUT2D eigenvalue weighted by atomic mass is 10.1. The van der Waals surface area contributed by atoms with Gasteiger partial charge in [0.1, 0.15) is 0 Å². The van der Waals surface area contributed by atoms with Crippen LogP contribution >= 0.6 is 15.9 Å². The lowest BCUT2D eigenvalue weighted by Gasteiger charge is -2.21. The molecule has 2 aromatic rings. The van der Waals surface area contributed by atoms with Crippen LogP contribution in [-0.2, 0) is 5.33 Å². The predicted octanol–water partition coefficient (Wildman–Crippen LogP) is 4.56. The fraction of sp³-hybridized carbons (Fsp3) is 0.235. The fourth-order valence-electron chi connectivity index (χ4n) is 2.13. The number of hydrogen-bond acceptors (Lipinski definition) is 1. The monoisotopic (exact) mass is 331 g/mol. The standard InChI is InChI=1S/C17H18BrNO/c1-3-19(16-6-4-5-13(2)11-16)17(20)15-9-7-14(12-18)8-10-15/h4-11H,3,12H2,1-2H3. The van der Waals surface area contributed by atoms with Crippen molar-refractivity contribution in [3.63, 3.8) is 0 Å². The van der Waals surface area contributed by atoms with Crippen LogP contribution in [0.25, 0.3) is 0 Å². The maximum absolute atomic E-state index is 12.6. The van der Waals surface area contributed by atoms with Crippen LogP contribution in [0.4, 0.5) is 5.69 Å². The molecule has 0 fully saturated rings. The van der Waals surface area contributed by atoms with Gasteiger partial charge in [0.25, 0.3) is 5.91 Å². The summed E-state index contributed by atoms with van der Waals surface area (Å²) in [4.78, 5) is 14.4. The first-order chi connectivity index (χ1) is 9.65. The van der Waals surface area contributed by atoms with Crippen LogP contribution in [0.15, 0.2) is 48.5 Å². The normalized spacial score (nSPS) is 10.3. The maximum atomic E-state index is 12.6. The number of benzene rings is 2. The SMILES string of the molecule is CCN(C(=O)c1ccc(CBr)cc1)c1cccc(C)c1. The summed E-state index contributed by atoms with van der Waals surface area (Å²) in [6, 6.07) is 15.8. The van der Waals surface area contributed by atoms with E-state index < -0.39 is 0 Å². The average molecular weight is 332 g/mol. The number of rotatable bonds is 4. The Bertz CT molecular complexity index is 592. The molecule has 1 amide bonds. The van der Waals surface area contributed by atoms with Gasteiger partial charge < -0.3 is 4.90 Å². The third kappa shape index (κ3) is 3.28. The van der Waals surface area contributed by atoms with E-state index in [4.69, 9.17) is 0 Å². The van der Waals surface area contributed by atoms with Gasteiger partial charge in [0.15, 0.2) is 0 Å². The van der Waals surface area contributed by atoms with Crippen molar-refractivity contribution in [3.8, 4) is 0 Å². The number of hydrogen-bond donors (Lipinski definition) is 0. The van der Waals surface area contributed by atoms with Gasteiger partial charge in [-0.3, -0.25) is 4.79 Å². The first-order valence-corrected chi connectivity index (χ1v) is 7.81. The van der Waals surface area contributed by atoms with Gasteiger partial charge in [0.2, 0.25) is 0 Å². The highest BCUT2D eigenvalue weighted by molar-refractivity contribution is 9.08. The topological polar surface area (TPSA) is 20.3 Å². The van der Waals surface area contributed by atoms with Crippen LogP contribution in [-0.4, -0.2) is 12.5 Å². The molecule has 0 bridgehead atoms. The molecule has 0 aliphatic heterocycles. The fourth-order valence-corrected chi connectivity index (χ4v) is 2.51. The van der Waals surface area contributed by atoms with Gasteiger partial charge in [-0.25, -0.2) is 0 Å². The van der Waals surface area contributed by atoms with Crippen molar-refractivity contribution in [3.05, 3.63) is 65.2 Å². The van der Waals surface area contributed by atoms with E-state index in [9.17, 15) is 4.79 Å². The van der Waals surface area contributed by atoms with Crippen LogP contribution in [0.1, 0.15) is 28.4 Å². The summed E-state index contributed by atoms with van der Waals surface area (Å²) in [5.41, 5.74) is 3.99. The number of amides is 1. The molecule has 0 saturated heterocycles. The molecule has 0 aromatic heterocycles. The number of aryl methyl sites for hydroxylation is 1. The molecule has 2 rings (SSSR count). The Morgan fingerprint density at radius 1 is 1.15 bits per heavy atom. The van der Waals surface area contributed by atoms with Crippen molar-refractivity contribution in [1.29, 1.82) is 0 Å². The summed E-state index contributed by atoms with van der Waals surface area (Å²) < 4.78 is 0. The molecule has 0 radical (unpaired) electrons. The van der Waals surface area contributed by atoms with Gasteiger partial charge in [0.05, 0.1) is 0 Å². The quantitative estimate of drug-likeness (QED) is 0.752. The number of alkyl halides is 1. The van der Waals surface area contributed by atoms with E-state index in [2.05, 4.69) is 15.9 Å². The van der Waals surface area contributed by atoms with Crippen molar-refractivity contribution < 1.29 is 4.79 Å². The summed E-state index contributed by atoms with van der Waals surface area (Å²) in [7, 11) is 0. The van der Waals surface area contributed by atoms with E-state index in [-0.39, 0.29) is 5.91 Å². The molecule has 0 spiro atoms. The number of anilines is 1. The Hall–Kier alpha value is -1.61. The highest BCUT2D eigenvalue weighted by atomic mass is 79.9. The van der Waals surface area contributed by atoms with E-state index in [1.807, 2.05) is 62.4 Å². The third-order valence-electron chi connectivity index (χ3n) is 3.23. The molecule has 2 nitrogen and oxygen atoms in total. The molecule has 0 N–H and O–H groups in total. The molecular formula is C17H18BrNO. The van der Waals surface area contributed by atoms with Crippen molar-refractivity contribution in [2.75, 3.05) is 11.4 Å². The molecule has 0 unspecified atom stereocenters. The second-order valence-corrected chi connectivity index (χ2v) is 5.28. The van der Waals surface area contributed by atoms with Crippen LogP contribution < -0.4 is 4.90 Å². The van der Waals surface area contributed by atoms with E-state index in [0.29, 0.717) is 6.54 Å². The highest BCUT2D eigenvalue weighted by Crippen LogP contribution is 2.19. The van der Waals surface area contributed by atoms with Crippen LogP contribution in [0, 0.1) is 6.92 Å². The summed E-state index contributed by atoms with van der Waals surface area (Å²) in [6.45, 7) is 4.68. The van der Waals surface area contributed by atoms with Crippen molar-refractivity contribution in [1.82, 2.24) is 0 Å². The van der Waals surface area contributed by atoms with Gasteiger partial charge in [0, 0.05) is 23.1 Å². The molecule has 0 aliphatic rings. The summed E-state index contributed by atoms with van der Waals surface area (Å²) in [5, 5.41) is 0.802. The summed E-state index contributed by atoms with van der Waals surface area (Å²) >= 11 is 3.41. The lowest BCUT2D eigenvalue weighted by Crippen LogP contribution is -2.30. The lowest BCUT2D eigenvalue weighted by molar-refractivity contribution is 0.0988. The number of nitrogens with zero attached hydrogens (tertiary/aromatic N) is 1. The molecule has 0 aliphatic carbocycles. The molecule has 0 atom stereocenters. The van der Waals surface area contributed by atoms with Gasteiger partial charge in [-0.1, -0.05) is 40.2 Å². The number of carbonyl (C=O) groups excluding carboxylic acids is 1.